The normalized spacial score (nSPS) is 12.8. The molecular weight excluding hydrogens is 456 g/mol. The molecule has 0 amide bonds. The van der Waals surface area contributed by atoms with Crippen LogP contribution in [0.15, 0.2) is 121 Å². The topological polar surface area (TPSA) is 71.3 Å². The van der Waals surface area contributed by atoms with Crippen molar-refractivity contribution in [3.63, 3.8) is 0 Å². The van der Waals surface area contributed by atoms with Gasteiger partial charge in [-0.15, -0.1) is 0 Å². The van der Waals surface area contributed by atoms with Gasteiger partial charge in [0.1, 0.15) is 5.75 Å². The van der Waals surface area contributed by atoms with Crippen molar-refractivity contribution in [3.8, 4) is 16.9 Å². The van der Waals surface area contributed by atoms with Crippen LogP contribution in [0.3, 0.4) is 0 Å². The number of benzene rings is 5. The zero-order chi connectivity index (χ0) is 25.2. The number of fused-ring (bicyclic) bond motifs is 3. The highest BCUT2D eigenvalue weighted by molar-refractivity contribution is 5.87. The number of rotatable bonds is 7. The van der Waals surface area contributed by atoms with E-state index >= 15 is 0 Å². The van der Waals surface area contributed by atoms with Crippen molar-refractivity contribution < 1.29 is 4.74 Å². The van der Waals surface area contributed by atoms with Crippen LogP contribution < -0.4 is 26.4 Å². The minimum absolute atomic E-state index is 0.688. The van der Waals surface area contributed by atoms with Crippen LogP contribution in [0.25, 0.3) is 11.1 Å². The molecule has 5 aromatic rings. The van der Waals surface area contributed by atoms with E-state index in [2.05, 4.69) is 76.6 Å². The third-order valence-corrected chi connectivity index (χ3v) is 6.83. The molecule has 1 aliphatic carbocycles. The molecule has 0 radical (unpaired) electrons. The quantitative estimate of drug-likeness (QED) is 0.143. The summed E-state index contributed by atoms with van der Waals surface area (Å²) >= 11 is 0. The maximum absolute atomic E-state index is 6.44. The van der Waals surface area contributed by atoms with E-state index in [0.717, 1.165) is 39.6 Å². The van der Waals surface area contributed by atoms with Crippen molar-refractivity contribution in [2.24, 2.45) is 0 Å². The van der Waals surface area contributed by atoms with Gasteiger partial charge in [-0.1, -0.05) is 78.9 Å². The van der Waals surface area contributed by atoms with Gasteiger partial charge >= 0.3 is 0 Å². The number of nitrogens with two attached hydrogens (primary N) is 1. The molecule has 0 unspecified atom stereocenters. The summed E-state index contributed by atoms with van der Waals surface area (Å²) in [4.78, 5) is 0. The van der Waals surface area contributed by atoms with Crippen molar-refractivity contribution in [2.75, 3.05) is 28.8 Å². The first-order chi connectivity index (χ1) is 18.2. The van der Waals surface area contributed by atoms with E-state index in [1.807, 2.05) is 60.7 Å². The lowest BCUT2D eigenvalue weighted by Gasteiger charge is -2.37. The van der Waals surface area contributed by atoms with Crippen LogP contribution >= 0.6 is 0 Å². The molecule has 182 valence electrons. The van der Waals surface area contributed by atoms with Gasteiger partial charge in [0.05, 0.1) is 29.9 Å². The fourth-order valence-electron chi connectivity index (χ4n) is 5.11. The molecular formula is C32H28N4O. The number of methoxy groups -OCH3 is 1. The second-order valence-corrected chi connectivity index (χ2v) is 9.08. The zero-order valence-corrected chi connectivity index (χ0v) is 20.5. The molecule has 0 fully saturated rings. The maximum Gasteiger partial charge on any atom is 0.162 e. The molecule has 0 aromatic heterocycles. The summed E-state index contributed by atoms with van der Waals surface area (Å²) < 4.78 is 5.42. The van der Waals surface area contributed by atoms with Crippen LogP contribution in [0.2, 0.25) is 0 Å². The number of hydrogen-bond donors (Lipinski definition) is 4. The molecule has 0 heterocycles. The predicted octanol–water partition coefficient (Wildman–Crippen LogP) is 7.43. The Morgan fingerprint density at radius 3 is 1.84 bits per heavy atom. The van der Waals surface area contributed by atoms with Crippen LogP contribution in [0.5, 0.6) is 5.75 Å². The molecule has 0 aliphatic heterocycles. The van der Waals surface area contributed by atoms with Gasteiger partial charge in [-0.25, -0.2) is 0 Å². The number of ether oxygens (including phenoxy) is 1. The minimum Gasteiger partial charge on any atom is -0.497 e. The highest BCUT2D eigenvalue weighted by Gasteiger charge is 2.44. The summed E-state index contributed by atoms with van der Waals surface area (Å²) in [5, 5.41) is 11.3. The summed E-state index contributed by atoms with van der Waals surface area (Å²) in [6.07, 6.45) is 0. The van der Waals surface area contributed by atoms with Gasteiger partial charge in [0, 0.05) is 22.9 Å². The van der Waals surface area contributed by atoms with E-state index in [9.17, 15) is 0 Å². The summed E-state index contributed by atoms with van der Waals surface area (Å²) in [5.41, 5.74) is 14.7. The Labute approximate surface area is 216 Å². The van der Waals surface area contributed by atoms with Crippen LogP contribution in [0.1, 0.15) is 11.1 Å². The van der Waals surface area contributed by atoms with Crippen LogP contribution in [-0.4, -0.2) is 7.11 Å². The smallest absolute Gasteiger partial charge is 0.162 e. The molecule has 5 aromatic carbocycles. The lowest BCUT2D eigenvalue weighted by Crippen LogP contribution is -2.43. The maximum atomic E-state index is 6.44. The molecule has 37 heavy (non-hydrogen) atoms. The van der Waals surface area contributed by atoms with Crippen molar-refractivity contribution in [1.29, 1.82) is 0 Å². The predicted molar refractivity (Wildman–Crippen MR) is 153 cm³/mol. The van der Waals surface area contributed by atoms with Crippen molar-refractivity contribution in [1.82, 2.24) is 0 Å². The van der Waals surface area contributed by atoms with Gasteiger partial charge < -0.3 is 26.4 Å². The first kappa shape index (κ1) is 22.6. The van der Waals surface area contributed by atoms with Gasteiger partial charge in [0.15, 0.2) is 5.66 Å². The van der Waals surface area contributed by atoms with E-state index in [4.69, 9.17) is 10.5 Å². The molecule has 0 spiro atoms. The van der Waals surface area contributed by atoms with E-state index < -0.39 is 5.66 Å². The third-order valence-electron chi connectivity index (χ3n) is 6.83. The Kier molecular flexibility index (Phi) is 5.66. The van der Waals surface area contributed by atoms with Gasteiger partial charge in [-0.2, -0.15) is 0 Å². The first-order valence-corrected chi connectivity index (χ1v) is 12.3. The largest absolute Gasteiger partial charge is 0.497 e. The van der Waals surface area contributed by atoms with E-state index in [1.54, 1.807) is 7.11 Å². The number of nitrogen functional groups attached to an aromatic ring is 1. The summed E-state index contributed by atoms with van der Waals surface area (Å²) in [7, 11) is 1.67. The van der Waals surface area contributed by atoms with Gasteiger partial charge in [-0.3, -0.25) is 0 Å². The molecule has 1 aliphatic rings. The molecule has 5 heteroatoms. The SMILES string of the molecule is COc1cccc(Nc2ccccc2NC2(Nc3ccccc3N)c3ccccc3-c3ccccc32)c1. The molecule has 0 bridgehead atoms. The van der Waals surface area contributed by atoms with Crippen LogP contribution in [0.4, 0.5) is 28.4 Å². The summed E-state index contributed by atoms with van der Waals surface area (Å²) in [6, 6.07) is 41.0. The highest BCUT2D eigenvalue weighted by Crippen LogP contribution is 2.50. The molecule has 0 saturated heterocycles. The Hall–Kier alpha value is -4.90. The molecule has 6 rings (SSSR count). The fourth-order valence-corrected chi connectivity index (χ4v) is 5.11. The lowest BCUT2D eigenvalue weighted by molar-refractivity contribution is 0.415. The monoisotopic (exact) mass is 484 g/mol. The number of anilines is 5. The standard InChI is InChI=1S/C32H28N4O/c1-37-23-12-10-11-22(21-23)34-30-19-8-9-20-31(30)36-32(35-29-18-7-6-17-28(29)33)26-15-4-2-13-24(26)25-14-3-5-16-27(25)32/h2-21,34-36H,33H2,1H3. The van der Waals surface area contributed by atoms with Crippen LogP contribution in [0, 0.1) is 0 Å². The lowest BCUT2D eigenvalue weighted by atomic mass is 9.95. The van der Waals surface area contributed by atoms with Gasteiger partial charge in [0.2, 0.25) is 0 Å². The third kappa shape index (κ3) is 4.00. The van der Waals surface area contributed by atoms with E-state index in [1.165, 1.54) is 11.1 Å². The summed E-state index contributed by atoms with van der Waals surface area (Å²) in [6.45, 7) is 0. The average molecular weight is 485 g/mol. The second kappa shape index (κ2) is 9.28. The highest BCUT2D eigenvalue weighted by atomic mass is 16.5. The Morgan fingerprint density at radius 1 is 0.595 bits per heavy atom. The van der Waals surface area contributed by atoms with Crippen LogP contribution in [-0.2, 0) is 5.66 Å². The molecule has 5 nitrogen and oxygen atoms in total. The van der Waals surface area contributed by atoms with Crippen molar-refractivity contribution in [2.45, 2.75) is 5.66 Å². The summed E-state index contributed by atoms with van der Waals surface area (Å²) in [5.74, 6) is 0.798. The Balaban J connectivity index is 1.50. The number of nitrogens with one attached hydrogen (secondary N) is 3. The zero-order valence-electron chi connectivity index (χ0n) is 20.5. The molecule has 0 atom stereocenters. The van der Waals surface area contributed by atoms with E-state index in [-0.39, 0.29) is 0 Å². The fraction of sp³-hybridized carbons (Fsp3) is 0.0625. The van der Waals surface area contributed by atoms with Gasteiger partial charge in [0.25, 0.3) is 0 Å². The van der Waals surface area contributed by atoms with Crippen molar-refractivity contribution >= 4 is 28.4 Å². The number of hydrogen-bond acceptors (Lipinski definition) is 5. The van der Waals surface area contributed by atoms with Gasteiger partial charge in [-0.05, 0) is 47.5 Å². The second-order valence-electron chi connectivity index (χ2n) is 9.08. The molecule has 5 N–H and O–H groups in total. The molecule has 0 saturated carbocycles. The Morgan fingerprint density at radius 2 is 1.16 bits per heavy atom. The average Bonchev–Trinajstić information content (AvgIpc) is 3.21. The Bertz CT molecular complexity index is 1530. The van der Waals surface area contributed by atoms with E-state index in [0.29, 0.717) is 5.69 Å². The van der Waals surface area contributed by atoms with Crippen molar-refractivity contribution in [3.05, 3.63) is 132 Å². The number of para-hydroxylation sites is 4. The first-order valence-electron chi connectivity index (χ1n) is 12.3. The minimum atomic E-state index is -0.755.